The molecule has 3 aromatic heterocycles. The van der Waals surface area contributed by atoms with E-state index in [2.05, 4.69) is 47.6 Å². The molecule has 0 saturated carbocycles. The maximum atomic E-state index is 12.5. The third kappa shape index (κ3) is 27.9. The van der Waals surface area contributed by atoms with E-state index in [1.54, 1.807) is 115 Å². The number of methoxy groups -OCH3 is 1. The summed E-state index contributed by atoms with van der Waals surface area (Å²) in [7, 11) is 1.28. The van der Waals surface area contributed by atoms with Crippen molar-refractivity contribution < 1.29 is 81.2 Å². The number of rotatable bonds is 26. The normalized spacial score (nSPS) is 10.3. The van der Waals surface area contributed by atoms with Gasteiger partial charge in [-0.3, -0.25) is 40.8 Å². The quantitative estimate of drug-likeness (QED) is 0.00787. The number of aromatic carboxylic acids is 2. The third-order valence-corrected chi connectivity index (χ3v) is 16.3. The summed E-state index contributed by atoms with van der Waals surface area (Å²) in [4.78, 5) is 96.5. The van der Waals surface area contributed by atoms with Crippen molar-refractivity contribution in [3.8, 4) is 33.4 Å². The van der Waals surface area contributed by atoms with Gasteiger partial charge in [-0.2, -0.15) is 23.8 Å². The van der Waals surface area contributed by atoms with Crippen LogP contribution in [0.4, 0.5) is 23.1 Å². The number of carbonyl (C=O) groups is 7. The van der Waals surface area contributed by atoms with E-state index in [0.717, 1.165) is 39.8 Å². The molecule has 10 rings (SSSR count). The number of anilines is 4. The Morgan fingerprint density at radius 3 is 1.26 bits per heavy atom. The summed E-state index contributed by atoms with van der Waals surface area (Å²) < 4.78 is 4.85. The average Bonchev–Trinajstić information content (AvgIpc) is 0.800. The molecule has 0 fully saturated rings. The number of nitrogen functional groups attached to an aromatic ring is 6. The Kier molecular flexibility index (Phi) is 35.4. The van der Waals surface area contributed by atoms with Gasteiger partial charge in [-0.1, -0.05) is 121 Å². The van der Waals surface area contributed by atoms with E-state index in [1.165, 1.54) is 43.9 Å². The first-order chi connectivity index (χ1) is 53.3. The maximum Gasteiger partial charge on any atom is 0.338 e. The van der Waals surface area contributed by atoms with Crippen molar-refractivity contribution in [2.75, 3.05) is 48.8 Å². The molecule has 0 unspecified atom stereocenters. The Balaban J connectivity index is 0.000000270. The topological polar surface area (TPSA) is 520 Å². The van der Waals surface area contributed by atoms with E-state index in [-0.39, 0.29) is 90.5 Å². The monoisotopic (exact) mass is 1600 g/mol. The number of aryl methyl sites for hydroxylation is 1. The van der Waals surface area contributed by atoms with E-state index < -0.39 is 17.9 Å². The van der Waals surface area contributed by atoms with Crippen molar-refractivity contribution in [1.82, 2.24) is 30.9 Å². The predicted molar refractivity (Wildman–Crippen MR) is 438 cm³/mol. The molecular formula is C84H93N18O10Y-. The summed E-state index contributed by atoms with van der Waals surface area (Å²) in [5.41, 5.74) is 43.3. The van der Waals surface area contributed by atoms with Gasteiger partial charge in [-0.05, 0) is 143 Å². The fraction of sp³-hybridized carbons (Fsp3) is 0.190. The Morgan fingerprint density at radius 2 is 0.850 bits per heavy atom. The molecule has 7 aromatic carbocycles. The summed E-state index contributed by atoms with van der Waals surface area (Å²) in [6.07, 6.45) is 5.19. The molecule has 0 aliphatic heterocycles. The van der Waals surface area contributed by atoms with Gasteiger partial charge in [0.05, 0.1) is 23.8 Å². The van der Waals surface area contributed by atoms with Crippen molar-refractivity contribution in [2.45, 2.75) is 61.6 Å². The van der Waals surface area contributed by atoms with Gasteiger partial charge < -0.3 is 75.9 Å². The van der Waals surface area contributed by atoms with Crippen LogP contribution in [0.1, 0.15) is 153 Å². The van der Waals surface area contributed by atoms with Gasteiger partial charge in [0.15, 0.2) is 6.29 Å². The van der Waals surface area contributed by atoms with Gasteiger partial charge in [-0.15, -0.1) is 11.1 Å². The SMILES string of the molecule is CC(C)CNC(=O)c1ccc(-c2ccccc2CNc2ccc(C(=N)N)cn2)c(C(=O)O)c1.COC(=O)c1cc(C(=O)NCC(C)C)ccc1-c1ccccc1C=O.Cc1[c-]cc(-c2ccc(C(=O)NCC(C)C)cc2C(=O)O)c(CNc2ccc(C(=N)N)cc2)c1.N=C(N)c1ccc(N)nc1.N=C(N)c1ccc(N)nc1.[Y]. The summed E-state index contributed by atoms with van der Waals surface area (Å²) in [6.45, 7) is 16.3. The number of aromatic nitrogens is 3. The largest absolute Gasteiger partial charge is 0.478 e. The minimum absolute atomic E-state index is 0. The molecule has 10 aromatic rings. The molecule has 0 atom stereocenters. The van der Waals surface area contributed by atoms with E-state index >= 15 is 0 Å². The van der Waals surface area contributed by atoms with Crippen LogP contribution in [0.25, 0.3) is 33.4 Å². The van der Waals surface area contributed by atoms with Gasteiger partial charge in [0, 0.05) is 134 Å². The number of carboxylic acids is 2. The van der Waals surface area contributed by atoms with Crippen LogP contribution < -0.4 is 61.0 Å². The molecule has 583 valence electrons. The summed E-state index contributed by atoms with van der Waals surface area (Å²) in [5, 5.41) is 63.7. The van der Waals surface area contributed by atoms with Crippen LogP contribution in [-0.2, 0) is 50.5 Å². The van der Waals surface area contributed by atoms with Crippen LogP contribution in [0.3, 0.4) is 0 Å². The molecule has 0 saturated heterocycles. The summed E-state index contributed by atoms with van der Waals surface area (Å²) in [5.74, 6) is -1.28. The predicted octanol–water partition coefficient (Wildman–Crippen LogP) is 11.4. The Bertz CT molecular complexity index is 4960. The molecule has 3 heterocycles. The number of aldehydes is 1. The van der Waals surface area contributed by atoms with E-state index in [1.807, 2.05) is 90.9 Å². The number of carbonyl (C=O) groups excluding carboxylic acids is 5. The van der Waals surface area contributed by atoms with E-state index in [0.29, 0.717) is 135 Å². The fourth-order valence-corrected chi connectivity index (χ4v) is 10.4. The number of amidine groups is 4. The van der Waals surface area contributed by atoms with E-state index in [4.69, 9.17) is 60.8 Å². The summed E-state index contributed by atoms with van der Waals surface area (Å²) >= 11 is 0. The number of nitrogens with zero attached hydrogens (tertiary/aromatic N) is 3. The van der Waals surface area contributed by atoms with Crippen molar-refractivity contribution in [3.63, 3.8) is 0 Å². The van der Waals surface area contributed by atoms with Crippen LogP contribution in [0.2, 0.25) is 0 Å². The second-order valence-corrected chi connectivity index (χ2v) is 26.4. The first-order valence-corrected chi connectivity index (χ1v) is 35.1. The first kappa shape index (κ1) is 90.3. The van der Waals surface area contributed by atoms with Crippen LogP contribution in [0, 0.1) is 52.4 Å². The van der Waals surface area contributed by atoms with Gasteiger partial charge in [-0.25, -0.2) is 29.3 Å². The van der Waals surface area contributed by atoms with E-state index in [9.17, 15) is 43.8 Å². The number of pyridine rings is 3. The second kappa shape index (κ2) is 44.4. The molecular weight excluding hydrogens is 1510 g/mol. The van der Waals surface area contributed by atoms with Gasteiger partial charge in [0.1, 0.15) is 40.8 Å². The third-order valence-electron chi connectivity index (χ3n) is 16.3. The van der Waals surface area contributed by atoms with Gasteiger partial charge >= 0.3 is 17.9 Å². The minimum atomic E-state index is -1.10. The Labute approximate surface area is 680 Å². The first-order valence-electron chi connectivity index (χ1n) is 35.1. The van der Waals surface area contributed by atoms with Crippen LogP contribution in [0.15, 0.2) is 195 Å². The number of carboxylic acid groups (broad SMARTS) is 2. The molecule has 0 spiro atoms. The van der Waals surface area contributed by atoms with Crippen molar-refractivity contribution >= 4 is 88.4 Å². The Hall–Kier alpha value is -13.3. The Morgan fingerprint density at radius 1 is 0.460 bits per heavy atom. The van der Waals surface area contributed by atoms with Crippen molar-refractivity contribution in [1.29, 1.82) is 21.6 Å². The fourth-order valence-electron chi connectivity index (χ4n) is 10.4. The molecule has 113 heavy (non-hydrogen) atoms. The number of esters is 1. The molecule has 1 radical (unpaired) electrons. The molecule has 0 aliphatic rings. The molecule has 0 aliphatic carbocycles. The standard InChI is InChI=1S/C27H29N4O3.C25H27N5O3.C20H21NO4.2C6H8N4.Y/c1-16(2)14-31-26(32)19-7-11-23(24(13-19)27(33)34)22-10-4-17(3)12-20(22)15-30-21-8-5-18(6-9-21)25(28)29;1-15(2)12-30-24(31)16-7-9-20(21(11-16)25(32)33)19-6-4-3-5-17(19)13-28-22-10-8-18(14-29-22)23(26)27;1-13(2)11-21-19(23)14-8-9-17(18(10-14)20(24)25-3)16-7-5-4-6-15(16)12-22;2*7-5-2-1-4(3-10-5)6(8)9;/h5-13,16,30H,14-15H2,1-3H3,(H3,28,29)(H,31,32)(H,33,34);3-11,14-15H,12-13H2,1-2H3,(H3,26,27)(H,28,29)(H,30,31)(H,32,33);4-10,12-13H,11H2,1-3H3,(H,21,23);2*1-3H,(H2,7,10)(H3,8,9);/q-1;;;;;. The number of nitrogens with two attached hydrogens (primary N) is 6. The zero-order chi connectivity index (χ0) is 82.3. The zero-order valence-electron chi connectivity index (χ0n) is 63.9. The molecule has 23 N–H and O–H groups in total. The number of hydrogen-bond acceptors (Lipinski definition) is 19. The second-order valence-electron chi connectivity index (χ2n) is 26.4. The molecule has 29 heteroatoms. The van der Waals surface area contributed by atoms with Crippen molar-refractivity contribution in [2.24, 2.45) is 40.7 Å². The van der Waals surface area contributed by atoms with Crippen LogP contribution in [0.5, 0.6) is 0 Å². The van der Waals surface area contributed by atoms with Crippen LogP contribution in [-0.4, -0.2) is 117 Å². The van der Waals surface area contributed by atoms with Crippen LogP contribution >= 0.6 is 0 Å². The molecule has 0 bridgehead atoms. The number of amides is 3. The minimum Gasteiger partial charge on any atom is -0.478 e. The number of benzene rings is 7. The van der Waals surface area contributed by atoms with Crippen molar-refractivity contribution in [3.05, 3.63) is 278 Å². The summed E-state index contributed by atoms with van der Waals surface area (Å²) in [6, 6.07) is 52.8. The maximum absolute atomic E-state index is 12.5. The number of hydrogen-bond donors (Lipinski definition) is 17. The van der Waals surface area contributed by atoms with Gasteiger partial charge in [0.25, 0.3) is 17.7 Å². The number of nitrogens with one attached hydrogen (secondary N) is 9. The molecule has 3 amide bonds. The number of ether oxygens (including phenoxy) is 1. The van der Waals surface area contributed by atoms with Gasteiger partial charge in [0.2, 0.25) is 0 Å². The average molecular weight is 1600 g/mol. The zero-order valence-corrected chi connectivity index (χ0v) is 66.7. The smallest absolute Gasteiger partial charge is 0.338 e. The molecule has 28 nitrogen and oxygen atoms in total.